The van der Waals surface area contributed by atoms with E-state index < -0.39 is 0 Å². The first-order chi connectivity index (χ1) is 9.40. The van der Waals surface area contributed by atoms with E-state index in [-0.39, 0.29) is 5.92 Å². The van der Waals surface area contributed by atoms with Crippen molar-refractivity contribution >= 4 is 11.8 Å². The lowest BCUT2D eigenvalue weighted by atomic mass is 9.96. The molecule has 102 valence electrons. The lowest BCUT2D eigenvalue weighted by molar-refractivity contribution is 0.404. The quantitative estimate of drug-likeness (QED) is 0.503. The molecule has 0 aromatic heterocycles. The third-order valence-electron chi connectivity index (χ3n) is 3.70. The third-order valence-corrected chi connectivity index (χ3v) is 4.72. The first-order valence-corrected chi connectivity index (χ1v) is 8.19. The second-order valence-corrected chi connectivity index (χ2v) is 6.26. The smallest absolute Gasteiger partial charge is 0.0672 e. The number of nitriles is 1. The average Bonchev–Trinajstić information content (AvgIpc) is 2.69. The van der Waals surface area contributed by atoms with Gasteiger partial charge in [-0.2, -0.15) is 5.26 Å². The van der Waals surface area contributed by atoms with Gasteiger partial charge in [0, 0.05) is 23.2 Å². The van der Waals surface area contributed by atoms with Crippen molar-refractivity contribution in [2.24, 2.45) is 5.92 Å². The van der Waals surface area contributed by atoms with Crippen LogP contribution in [0.3, 0.4) is 0 Å². The van der Waals surface area contributed by atoms with Crippen LogP contribution in [-0.2, 0) is 0 Å². The molecule has 1 fully saturated rings. The van der Waals surface area contributed by atoms with Gasteiger partial charge in [0.05, 0.1) is 12.0 Å². The Kier molecular flexibility index (Phi) is 6.26. The summed E-state index contributed by atoms with van der Waals surface area (Å²) in [6.07, 6.45) is 6.00. The molecule has 2 atom stereocenters. The molecule has 19 heavy (non-hydrogen) atoms. The molecule has 0 spiro atoms. The molecule has 0 radical (unpaired) electrons. The van der Waals surface area contributed by atoms with Crippen molar-refractivity contribution in [3.63, 3.8) is 0 Å². The van der Waals surface area contributed by atoms with Crippen molar-refractivity contribution in [3.05, 3.63) is 30.3 Å². The average molecular weight is 274 g/mol. The molecule has 0 amide bonds. The first-order valence-electron chi connectivity index (χ1n) is 7.21. The van der Waals surface area contributed by atoms with Crippen LogP contribution in [0.25, 0.3) is 0 Å². The van der Waals surface area contributed by atoms with Crippen LogP contribution in [0, 0.1) is 17.2 Å². The van der Waals surface area contributed by atoms with Crippen molar-refractivity contribution < 1.29 is 0 Å². The van der Waals surface area contributed by atoms with Gasteiger partial charge in [-0.1, -0.05) is 37.5 Å². The summed E-state index contributed by atoms with van der Waals surface area (Å²) in [5.41, 5.74) is 0. The molecular weight excluding hydrogens is 252 g/mol. The summed E-state index contributed by atoms with van der Waals surface area (Å²) < 4.78 is 0. The highest BCUT2D eigenvalue weighted by atomic mass is 32.2. The van der Waals surface area contributed by atoms with Crippen LogP contribution in [-0.4, -0.2) is 18.3 Å². The number of rotatable bonds is 5. The number of hydrogen-bond acceptors (Lipinski definition) is 3. The molecule has 0 saturated heterocycles. The summed E-state index contributed by atoms with van der Waals surface area (Å²) in [6.45, 7) is 0.988. The van der Waals surface area contributed by atoms with Crippen molar-refractivity contribution in [2.75, 3.05) is 12.3 Å². The largest absolute Gasteiger partial charge is 0.312 e. The first kappa shape index (κ1) is 14.4. The lowest BCUT2D eigenvalue weighted by Crippen LogP contribution is -2.36. The highest BCUT2D eigenvalue weighted by molar-refractivity contribution is 7.99. The second kappa shape index (κ2) is 8.24. The van der Waals surface area contributed by atoms with Gasteiger partial charge in [-0.15, -0.1) is 11.8 Å². The Morgan fingerprint density at radius 3 is 2.74 bits per heavy atom. The van der Waals surface area contributed by atoms with E-state index in [1.165, 1.54) is 24.2 Å². The maximum Gasteiger partial charge on any atom is 0.0672 e. The Balaban J connectivity index is 1.70. The van der Waals surface area contributed by atoms with E-state index in [0.29, 0.717) is 6.04 Å². The molecule has 2 nitrogen and oxygen atoms in total. The van der Waals surface area contributed by atoms with Gasteiger partial charge in [-0.25, -0.2) is 0 Å². The Labute approximate surface area is 120 Å². The van der Waals surface area contributed by atoms with Crippen LogP contribution in [0.2, 0.25) is 0 Å². The minimum atomic E-state index is 0.212. The van der Waals surface area contributed by atoms with E-state index in [1.54, 1.807) is 0 Å². The summed E-state index contributed by atoms with van der Waals surface area (Å²) in [7, 11) is 0. The van der Waals surface area contributed by atoms with Crippen LogP contribution < -0.4 is 5.32 Å². The summed E-state index contributed by atoms with van der Waals surface area (Å²) in [6, 6.07) is 13.4. The SMILES string of the molecule is N#CC1CCCCCC1NCCSc1ccccc1. The van der Waals surface area contributed by atoms with E-state index >= 15 is 0 Å². The van der Waals surface area contributed by atoms with E-state index in [0.717, 1.165) is 25.1 Å². The van der Waals surface area contributed by atoms with Gasteiger partial charge < -0.3 is 5.32 Å². The maximum absolute atomic E-state index is 9.23. The molecule has 0 heterocycles. The summed E-state index contributed by atoms with van der Waals surface area (Å²) in [5, 5.41) is 12.8. The van der Waals surface area contributed by atoms with Crippen LogP contribution in [0.15, 0.2) is 35.2 Å². The predicted octanol–water partition coefficient (Wildman–Crippen LogP) is 3.84. The van der Waals surface area contributed by atoms with Crippen molar-refractivity contribution in [3.8, 4) is 6.07 Å². The van der Waals surface area contributed by atoms with Gasteiger partial charge in [0.1, 0.15) is 0 Å². The topological polar surface area (TPSA) is 35.8 Å². The molecule has 2 unspecified atom stereocenters. The molecule has 0 aliphatic heterocycles. The lowest BCUT2D eigenvalue weighted by Gasteiger charge is -2.20. The Hall–Kier alpha value is -0.980. The van der Waals surface area contributed by atoms with E-state index in [9.17, 15) is 5.26 Å². The Morgan fingerprint density at radius 2 is 1.95 bits per heavy atom. The van der Waals surface area contributed by atoms with E-state index in [1.807, 2.05) is 17.8 Å². The number of nitrogens with one attached hydrogen (secondary N) is 1. The van der Waals surface area contributed by atoms with Crippen molar-refractivity contribution in [1.29, 1.82) is 5.26 Å². The monoisotopic (exact) mass is 274 g/mol. The van der Waals surface area contributed by atoms with Crippen LogP contribution in [0.5, 0.6) is 0 Å². The van der Waals surface area contributed by atoms with E-state index in [4.69, 9.17) is 0 Å². The van der Waals surface area contributed by atoms with Crippen molar-refractivity contribution in [1.82, 2.24) is 5.32 Å². The van der Waals surface area contributed by atoms with Crippen molar-refractivity contribution in [2.45, 2.75) is 43.0 Å². The molecule has 3 heteroatoms. The Morgan fingerprint density at radius 1 is 1.16 bits per heavy atom. The molecule has 1 aliphatic rings. The molecule has 1 aliphatic carbocycles. The fourth-order valence-electron chi connectivity index (χ4n) is 2.64. The number of hydrogen-bond donors (Lipinski definition) is 1. The molecule has 0 bridgehead atoms. The molecular formula is C16H22N2S. The van der Waals surface area contributed by atoms with Gasteiger partial charge in [-0.3, -0.25) is 0 Å². The zero-order chi connectivity index (χ0) is 13.3. The fourth-order valence-corrected chi connectivity index (χ4v) is 3.44. The normalized spacial score (nSPS) is 23.5. The second-order valence-electron chi connectivity index (χ2n) is 5.10. The molecule has 1 aromatic carbocycles. The highest BCUT2D eigenvalue weighted by Gasteiger charge is 2.22. The number of thioether (sulfide) groups is 1. The molecule has 1 N–H and O–H groups in total. The van der Waals surface area contributed by atoms with Crippen LogP contribution >= 0.6 is 11.8 Å². The number of nitrogens with zero attached hydrogens (tertiary/aromatic N) is 1. The standard InChI is InChI=1S/C16H22N2S/c17-13-14-7-3-1-6-10-16(14)18-11-12-19-15-8-4-2-5-9-15/h2,4-5,8-9,14,16,18H,1,3,6-7,10-12H2. The highest BCUT2D eigenvalue weighted by Crippen LogP contribution is 2.23. The summed E-state index contributed by atoms with van der Waals surface area (Å²) in [4.78, 5) is 1.32. The molecule has 2 rings (SSSR count). The predicted molar refractivity (Wildman–Crippen MR) is 81.1 cm³/mol. The minimum Gasteiger partial charge on any atom is -0.312 e. The van der Waals surface area contributed by atoms with E-state index in [2.05, 4.69) is 35.7 Å². The van der Waals surface area contributed by atoms with Gasteiger partial charge in [0.25, 0.3) is 0 Å². The zero-order valence-corrected chi connectivity index (χ0v) is 12.2. The zero-order valence-electron chi connectivity index (χ0n) is 11.3. The maximum atomic E-state index is 9.23. The summed E-state index contributed by atoms with van der Waals surface area (Å²) in [5.74, 6) is 1.28. The van der Waals surface area contributed by atoms with Crippen LogP contribution in [0.1, 0.15) is 32.1 Å². The fraction of sp³-hybridized carbons (Fsp3) is 0.562. The third kappa shape index (κ3) is 4.89. The van der Waals surface area contributed by atoms with Gasteiger partial charge in [0.15, 0.2) is 0 Å². The molecule has 1 aromatic rings. The summed E-state index contributed by atoms with van der Waals surface area (Å²) >= 11 is 1.88. The number of benzene rings is 1. The van der Waals surface area contributed by atoms with Gasteiger partial charge in [-0.05, 0) is 25.0 Å². The minimum absolute atomic E-state index is 0.212. The van der Waals surface area contributed by atoms with Gasteiger partial charge >= 0.3 is 0 Å². The van der Waals surface area contributed by atoms with Crippen LogP contribution in [0.4, 0.5) is 0 Å². The Bertz CT molecular complexity index is 399. The molecule has 1 saturated carbocycles. The van der Waals surface area contributed by atoms with Gasteiger partial charge in [0.2, 0.25) is 0 Å².